The number of anilines is 2. The van der Waals surface area contributed by atoms with Crippen LogP contribution in [0.5, 0.6) is 11.5 Å². The lowest BCUT2D eigenvalue weighted by Crippen LogP contribution is -1.96. The van der Waals surface area contributed by atoms with Crippen molar-refractivity contribution in [1.82, 2.24) is 19.9 Å². The first-order valence-corrected chi connectivity index (χ1v) is 10.1. The summed E-state index contributed by atoms with van der Waals surface area (Å²) in [5.74, 6) is 2.75. The number of ketones is 1. The van der Waals surface area contributed by atoms with E-state index < -0.39 is 0 Å². The first kappa shape index (κ1) is 19.4. The first-order chi connectivity index (χ1) is 15.7. The van der Waals surface area contributed by atoms with Crippen molar-refractivity contribution in [3.05, 3.63) is 90.8 Å². The molecule has 2 aromatic heterocycles. The average Bonchev–Trinajstić information content (AvgIpc) is 3.27. The van der Waals surface area contributed by atoms with Crippen LogP contribution in [0.1, 0.15) is 17.3 Å². The second-order valence-corrected chi connectivity index (χ2v) is 7.21. The predicted molar refractivity (Wildman–Crippen MR) is 123 cm³/mol. The van der Waals surface area contributed by atoms with Gasteiger partial charge in [0.25, 0.3) is 0 Å². The normalized spacial score (nSPS) is 10.8. The van der Waals surface area contributed by atoms with Crippen LogP contribution < -0.4 is 10.1 Å². The number of rotatable bonds is 6. The number of carbonyl (C=O) groups is 1. The van der Waals surface area contributed by atoms with Gasteiger partial charge in [0.15, 0.2) is 17.2 Å². The number of nitrogens with one attached hydrogen (secondary N) is 2. The van der Waals surface area contributed by atoms with Crippen molar-refractivity contribution < 1.29 is 9.53 Å². The minimum Gasteiger partial charge on any atom is -0.457 e. The zero-order valence-corrected chi connectivity index (χ0v) is 17.2. The summed E-state index contributed by atoms with van der Waals surface area (Å²) in [6.07, 6.45) is 1.47. The molecule has 0 saturated carbocycles. The number of benzene rings is 3. The van der Waals surface area contributed by atoms with Crippen LogP contribution in [0.4, 0.5) is 11.5 Å². The van der Waals surface area contributed by atoms with Gasteiger partial charge in [-0.2, -0.15) is 0 Å². The second kappa shape index (κ2) is 8.31. The van der Waals surface area contributed by atoms with E-state index in [9.17, 15) is 4.79 Å². The molecule has 0 saturated heterocycles. The monoisotopic (exact) mass is 421 g/mol. The van der Waals surface area contributed by atoms with Crippen molar-refractivity contribution >= 4 is 28.5 Å². The Labute approximate surface area is 184 Å². The second-order valence-electron chi connectivity index (χ2n) is 7.21. The van der Waals surface area contributed by atoms with E-state index in [-0.39, 0.29) is 5.78 Å². The van der Waals surface area contributed by atoms with Crippen LogP contribution in [0.15, 0.2) is 85.2 Å². The van der Waals surface area contributed by atoms with Gasteiger partial charge in [0, 0.05) is 16.8 Å². The number of hydrogen-bond acceptors (Lipinski definition) is 6. The fourth-order valence-corrected chi connectivity index (χ4v) is 3.31. The van der Waals surface area contributed by atoms with Gasteiger partial charge in [0.2, 0.25) is 0 Å². The highest BCUT2D eigenvalue weighted by Crippen LogP contribution is 2.27. The number of imidazole rings is 1. The molecule has 0 bridgehead atoms. The lowest BCUT2D eigenvalue weighted by Gasteiger charge is -2.08. The Hall–Kier alpha value is -4.52. The smallest absolute Gasteiger partial charge is 0.183 e. The Kier molecular flexibility index (Phi) is 5.05. The summed E-state index contributed by atoms with van der Waals surface area (Å²) >= 11 is 0. The number of fused-ring (bicyclic) bond motifs is 1. The minimum atomic E-state index is 0.00444. The van der Waals surface area contributed by atoms with Gasteiger partial charge in [-0.25, -0.2) is 15.0 Å². The molecule has 32 heavy (non-hydrogen) atoms. The van der Waals surface area contributed by atoms with E-state index in [1.165, 1.54) is 6.33 Å². The molecule has 5 aromatic rings. The van der Waals surface area contributed by atoms with Gasteiger partial charge < -0.3 is 15.0 Å². The quantitative estimate of drug-likeness (QED) is 0.339. The molecule has 7 heteroatoms. The van der Waals surface area contributed by atoms with Crippen LogP contribution in [-0.4, -0.2) is 25.7 Å². The maximum absolute atomic E-state index is 11.7. The zero-order chi connectivity index (χ0) is 21.9. The molecular weight excluding hydrogens is 402 g/mol. The zero-order valence-electron chi connectivity index (χ0n) is 17.2. The van der Waals surface area contributed by atoms with Gasteiger partial charge in [-0.1, -0.05) is 36.4 Å². The number of aromatic amines is 1. The van der Waals surface area contributed by atoms with Crippen LogP contribution in [-0.2, 0) is 0 Å². The number of H-pyrrole nitrogens is 1. The summed E-state index contributed by atoms with van der Waals surface area (Å²) in [5.41, 5.74) is 3.50. The van der Waals surface area contributed by atoms with E-state index in [1.54, 1.807) is 13.0 Å². The molecule has 156 valence electrons. The summed E-state index contributed by atoms with van der Waals surface area (Å²) in [4.78, 5) is 28.2. The molecule has 0 aliphatic carbocycles. The highest BCUT2D eigenvalue weighted by atomic mass is 16.5. The molecule has 0 aliphatic rings. The standard InChI is InChI=1S/C25H19N5O2/c1-16(31)17-6-5-7-18(14-17)23-29-22-24(26-15-27-25(22)30-23)28-19-10-12-21(13-11-19)32-20-8-3-2-4-9-20/h2-15H,1H3,(H2,26,27,28,29,30). The largest absolute Gasteiger partial charge is 0.457 e. The Morgan fingerprint density at radius 3 is 2.47 bits per heavy atom. The molecular formula is C25H19N5O2. The Morgan fingerprint density at radius 2 is 1.69 bits per heavy atom. The summed E-state index contributed by atoms with van der Waals surface area (Å²) < 4.78 is 5.84. The van der Waals surface area contributed by atoms with E-state index >= 15 is 0 Å². The van der Waals surface area contributed by atoms with Gasteiger partial charge in [0.05, 0.1) is 0 Å². The third-order valence-electron chi connectivity index (χ3n) is 4.93. The maximum Gasteiger partial charge on any atom is 0.183 e. The lowest BCUT2D eigenvalue weighted by molar-refractivity contribution is 0.101. The molecule has 0 aliphatic heterocycles. The Bertz CT molecular complexity index is 1400. The van der Waals surface area contributed by atoms with E-state index in [0.29, 0.717) is 28.4 Å². The SMILES string of the molecule is CC(=O)c1cccc(-c2nc3ncnc(Nc4ccc(Oc5ccccc5)cc4)c3[nH]2)c1. The molecule has 0 spiro atoms. The molecule has 3 aromatic carbocycles. The predicted octanol–water partition coefficient (Wildman–Crippen LogP) is 5.76. The molecule has 0 radical (unpaired) electrons. The number of carbonyl (C=O) groups excluding carboxylic acids is 1. The number of Topliss-reactive ketones (excluding diaryl/α,β-unsaturated/α-hetero) is 1. The van der Waals surface area contributed by atoms with Crippen LogP contribution in [0.2, 0.25) is 0 Å². The average molecular weight is 421 g/mol. The van der Waals surface area contributed by atoms with Crippen molar-refractivity contribution in [2.75, 3.05) is 5.32 Å². The number of nitrogens with zero attached hydrogens (tertiary/aromatic N) is 3. The maximum atomic E-state index is 11.7. The lowest BCUT2D eigenvalue weighted by atomic mass is 10.1. The molecule has 2 heterocycles. The van der Waals surface area contributed by atoms with Gasteiger partial charge in [-0.3, -0.25) is 4.79 Å². The number of hydrogen-bond donors (Lipinski definition) is 2. The molecule has 2 N–H and O–H groups in total. The molecule has 5 rings (SSSR count). The van der Waals surface area contributed by atoms with Crippen LogP contribution >= 0.6 is 0 Å². The first-order valence-electron chi connectivity index (χ1n) is 10.1. The summed E-state index contributed by atoms with van der Waals surface area (Å²) in [6.45, 7) is 1.54. The highest BCUT2D eigenvalue weighted by Gasteiger charge is 2.12. The highest BCUT2D eigenvalue weighted by molar-refractivity contribution is 5.95. The van der Waals surface area contributed by atoms with Crippen molar-refractivity contribution in [3.63, 3.8) is 0 Å². The fraction of sp³-hybridized carbons (Fsp3) is 0.0400. The summed E-state index contributed by atoms with van der Waals surface area (Å²) in [7, 11) is 0. The number of aromatic nitrogens is 4. The topological polar surface area (TPSA) is 92.8 Å². The number of ether oxygens (including phenoxy) is 1. The van der Waals surface area contributed by atoms with E-state index in [4.69, 9.17) is 4.74 Å². The van der Waals surface area contributed by atoms with Crippen LogP contribution in [0.3, 0.4) is 0 Å². The molecule has 0 unspecified atom stereocenters. The summed E-state index contributed by atoms with van der Waals surface area (Å²) in [6, 6.07) is 24.6. The minimum absolute atomic E-state index is 0.00444. The summed E-state index contributed by atoms with van der Waals surface area (Å²) in [5, 5.41) is 3.30. The van der Waals surface area contributed by atoms with E-state index in [0.717, 1.165) is 22.7 Å². The fourth-order valence-electron chi connectivity index (χ4n) is 3.31. The van der Waals surface area contributed by atoms with Crippen LogP contribution in [0, 0.1) is 0 Å². The van der Waals surface area contributed by atoms with E-state index in [1.807, 2.05) is 72.8 Å². The van der Waals surface area contributed by atoms with Crippen molar-refractivity contribution in [3.8, 4) is 22.9 Å². The Morgan fingerprint density at radius 1 is 0.906 bits per heavy atom. The Balaban J connectivity index is 1.40. The number of para-hydroxylation sites is 1. The van der Waals surface area contributed by atoms with E-state index in [2.05, 4.69) is 25.3 Å². The molecule has 0 amide bonds. The van der Waals surface area contributed by atoms with Gasteiger partial charge in [-0.05, 0) is 49.4 Å². The van der Waals surface area contributed by atoms with Gasteiger partial charge in [0.1, 0.15) is 29.2 Å². The van der Waals surface area contributed by atoms with Crippen molar-refractivity contribution in [2.45, 2.75) is 6.92 Å². The van der Waals surface area contributed by atoms with Gasteiger partial charge >= 0.3 is 0 Å². The third-order valence-corrected chi connectivity index (χ3v) is 4.93. The molecule has 0 atom stereocenters. The third kappa shape index (κ3) is 4.04. The van der Waals surface area contributed by atoms with Crippen molar-refractivity contribution in [1.29, 1.82) is 0 Å². The van der Waals surface area contributed by atoms with Crippen LogP contribution in [0.25, 0.3) is 22.6 Å². The van der Waals surface area contributed by atoms with Crippen molar-refractivity contribution in [2.24, 2.45) is 0 Å². The molecule has 0 fully saturated rings. The molecule has 7 nitrogen and oxygen atoms in total. The van der Waals surface area contributed by atoms with Gasteiger partial charge in [-0.15, -0.1) is 0 Å².